The van der Waals surface area contributed by atoms with Crippen molar-refractivity contribution in [3.63, 3.8) is 0 Å². The van der Waals surface area contributed by atoms with Crippen molar-refractivity contribution in [3.8, 4) is 0 Å². The van der Waals surface area contributed by atoms with Crippen molar-refractivity contribution < 1.29 is 4.79 Å². The highest BCUT2D eigenvalue weighted by molar-refractivity contribution is 7.14. The fourth-order valence-corrected chi connectivity index (χ4v) is 2.87. The molecule has 108 valence electrons. The zero-order valence-electron chi connectivity index (χ0n) is 12.1. The summed E-state index contributed by atoms with van der Waals surface area (Å²) in [6, 6.07) is 6.05. The van der Waals surface area contributed by atoms with E-state index in [1.165, 1.54) is 11.3 Å². The van der Waals surface area contributed by atoms with E-state index in [1.807, 2.05) is 25.1 Å². The van der Waals surface area contributed by atoms with E-state index in [-0.39, 0.29) is 5.91 Å². The number of aromatic nitrogens is 3. The van der Waals surface area contributed by atoms with Gasteiger partial charge in [0.2, 0.25) is 4.96 Å². The molecule has 2 aromatic heterocycles. The lowest BCUT2D eigenvalue weighted by Crippen LogP contribution is -2.15. The van der Waals surface area contributed by atoms with Crippen LogP contribution in [0, 0.1) is 6.92 Å². The van der Waals surface area contributed by atoms with E-state index >= 15 is 0 Å². The summed E-state index contributed by atoms with van der Waals surface area (Å²) in [4.78, 5) is 17.4. The van der Waals surface area contributed by atoms with Gasteiger partial charge in [-0.1, -0.05) is 43.4 Å². The van der Waals surface area contributed by atoms with Gasteiger partial charge in [-0.15, -0.1) is 0 Å². The normalized spacial score (nSPS) is 11.2. The second-order valence-electron chi connectivity index (χ2n) is 5.24. The van der Waals surface area contributed by atoms with Crippen molar-refractivity contribution in [2.24, 2.45) is 0 Å². The van der Waals surface area contributed by atoms with E-state index in [1.54, 1.807) is 16.2 Å². The lowest BCUT2D eigenvalue weighted by atomic mass is 9.98. The Hall–Kier alpha value is -2.21. The summed E-state index contributed by atoms with van der Waals surface area (Å²) >= 11 is 1.40. The van der Waals surface area contributed by atoms with E-state index in [4.69, 9.17) is 0 Å². The van der Waals surface area contributed by atoms with Gasteiger partial charge in [-0.05, 0) is 24.0 Å². The molecule has 0 saturated heterocycles. The number of carbonyl (C=O) groups is 1. The molecule has 5 nitrogen and oxygen atoms in total. The Labute approximate surface area is 126 Å². The first-order valence-corrected chi connectivity index (χ1v) is 7.64. The number of anilines is 1. The number of nitrogens with one attached hydrogen (secondary N) is 1. The molecule has 1 amide bonds. The number of hydrogen-bond donors (Lipinski definition) is 1. The average Bonchev–Trinajstić information content (AvgIpc) is 3.01. The number of imidazole rings is 1. The largest absolute Gasteiger partial charge is 0.320 e. The summed E-state index contributed by atoms with van der Waals surface area (Å²) < 4.78 is 1.61. The van der Waals surface area contributed by atoms with Crippen molar-refractivity contribution in [3.05, 3.63) is 46.7 Å². The first kappa shape index (κ1) is 13.8. The van der Waals surface area contributed by atoms with Crippen LogP contribution in [0.15, 0.2) is 29.9 Å². The summed E-state index contributed by atoms with van der Waals surface area (Å²) in [6.45, 7) is 6.22. The predicted octanol–water partition coefficient (Wildman–Crippen LogP) is 3.47. The third-order valence-electron chi connectivity index (χ3n) is 3.38. The maximum Gasteiger partial charge on any atom is 0.276 e. The highest BCUT2D eigenvalue weighted by atomic mass is 32.1. The number of nitrogens with zero attached hydrogens (tertiary/aromatic N) is 3. The van der Waals surface area contributed by atoms with Crippen molar-refractivity contribution in [1.29, 1.82) is 0 Å². The molecule has 21 heavy (non-hydrogen) atoms. The Balaban J connectivity index is 1.93. The lowest BCUT2D eigenvalue weighted by molar-refractivity contribution is 0.102. The van der Waals surface area contributed by atoms with Crippen LogP contribution in [-0.4, -0.2) is 20.5 Å². The summed E-state index contributed by atoms with van der Waals surface area (Å²) in [5.74, 6) is 0.135. The van der Waals surface area contributed by atoms with Gasteiger partial charge in [0.25, 0.3) is 5.91 Å². The maximum absolute atomic E-state index is 12.4. The minimum absolute atomic E-state index is 0.205. The highest BCUT2D eigenvalue weighted by Crippen LogP contribution is 2.27. The molecule has 0 atom stereocenters. The monoisotopic (exact) mass is 300 g/mol. The first-order valence-electron chi connectivity index (χ1n) is 6.76. The topological polar surface area (TPSA) is 59.3 Å². The second kappa shape index (κ2) is 5.29. The maximum atomic E-state index is 12.4. The third kappa shape index (κ3) is 2.54. The molecule has 0 bridgehead atoms. The van der Waals surface area contributed by atoms with Gasteiger partial charge >= 0.3 is 0 Å². The molecule has 0 unspecified atom stereocenters. The summed E-state index contributed by atoms with van der Waals surface area (Å²) in [6.07, 6.45) is 1.65. The fourth-order valence-electron chi connectivity index (χ4n) is 2.27. The van der Waals surface area contributed by atoms with Gasteiger partial charge in [-0.2, -0.15) is 5.10 Å². The number of hydrogen-bond acceptors (Lipinski definition) is 4. The van der Waals surface area contributed by atoms with Gasteiger partial charge in [0.1, 0.15) is 11.2 Å². The molecule has 0 aliphatic carbocycles. The quantitative estimate of drug-likeness (QED) is 0.805. The number of benzene rings is 1. The molecule has 0 fully saturated rings. The molecule has 2 heterocycles. The molecule has 1 N–H and O–H groups in total. The molecule has 0 saturated carbocycles. The van der Waals surface area contributed by atoms with Crippen molar-refractivity contribution in [2.75, 3.05) is 5.32 Å². The third-order valence-corrected chi connectivity index (χ3v) is 4.07. The van der Waals surface area contributed by atoms with E-state index in [2.05, 4.69) is 29.2 Å². The van der Waals surface area contributed by atoms with Gasteiger partial charge in [-0.3, -0.25) is 4.79 Å². The lowest BCUT2D eigenvalue weighted by Gasteiger charge is -2.15. The van der Waals surface area contributed by atoms with Gasteiger partial charge in [-0.25, -0.2) is 9.50 Å². The Morgan fingerprint density at radius 2 is 2.19 bits per heavy atom. The molecule has 0 aliphatic heterocycles. The van der Waals surface area contributed by atoms with Crippen LogP contribution in [0.3, 0.4) is 0 Å². The van der Waals surface area contributed by atoms with Crippen LogP contribution in [-0.2, 0) is 0 Å². The minimum Gasteiger partial charge on any atom is -0.320 e. The molecule has 0 aliphatic rings. The van der Waals surface area contributed by atoms with Gasteiger partial charge in [0, 0.05) is 5.69 Å². The Morgan fingerprint density at radius 1 is 1.38 bits per heavy atom. The second-order valence-corrected chi connectivity index (χ2v) is 6.05. The van der Waals surface area contributed by atoms with Crippen LogP contribution in [0.5, 0.6) is 0 Å². The number of amides is 1. The summed E-state index contributed by atoms with van der Waals surface area (Å²) in [5, 5.41) is 7.07. The Morgan fingerprint density at radius 3 is 2.90 bits per heavy atom. The molecule has 0 spiro atoms. The number of para-hydroxylation sites is 1. The van der Waals surface area contributed by atoms with Crippen LogP contribution in [0.2, 0.25) is 0 Å². The molecule has 1 aromatic carbocycles. The molecule has 6 heteroatoms. The number of aryl methyl sites for hydroxylation is 1. The van der Waals surface area contributed by atoms with E-state index in [0.717, 1.165) is 16.8 Å². The van der Waals surface area contributed by atoms with E-state index in [9.17, 15) is 4.79 Å². The minimum atomic E-state index is -0.205. The SMILES string of the molecule is Cc1cccc(C(C)C)c1NC(=O)c1cn2ncsc2n1. The van der Waals surface area contributed by atoms with E-state index in [0.29, 0.717) is 16.6 Å². The van der Waals surface area contributed by atoms with Crippen LogP contribution in [0.4, 0.5) is 5.69 Å². The first-order chi connectivity index (χ1) is 10.1. The van der Waals surface area contributed by atoms with E-state index < -0.39 is 0 Å². The van der Waals surface area contributed by atoms with Gasteiger partial charge in [0.05, 0.1) is 6.20 Å². The van der Waals surface area contributed by atoms with Crippen molar-refractivity contribution in [2.45, 2.75) is 26.7 Å². The zero-order chi connectivity index (χ0) is 15.0. The molecular weight excluding hydrogens is 284 g/mol. The molecule has 3 rings (SSSR count). The average molecular weight is 300 g/mol. The predicted molar refractivity (Wildman–Crippen MR) is 84.1 cm³/mol. The van der Waals surface area contributed by atoms with Gasteiger partial charge in [0.15, 0.2) is 0 Å². The van der Waals surface area contributed by atoms with Crippen LogP contribution in [0.25, 0.3) is 4.96 Å². The van der Waals surface area contributed by atoms with Crippen LogP contribution >= 0.6 is 11.3 Å². The summed E-state index contributed by atoms with van der Waals surface area (Å²) in [5.41, 5.74) is 5.13. The smallest absolute Gasteiger partial charge is 0.276 e. The Bertz CT molecular complexity index is 774. The van der Waals surface area contributed by atoms with Crippen molar-refractivity contribution >= 4 is 27.9 Å². The fraction of sp³-hybridized carbons (Fsp3) is 0.267. The van der Waals surface area contributed by atoms with Gasteiger partial charge < -0.3 is 5.32 Å². The number of fused-ring (bicyclic) bond motifs is 1. The number of carbonyl (C=O) groups excluding carboxylic acids is 1. The van der Waals surface area contributed by atoms with Crippen molar-refractivity contribution in [1.82, 2.24) is 14.6 Å². The molecule has 0 radical (unpaired) electrons. The molecular formula is C15H16N4OS. The van der Waals surface area contributed by atoms with Crippen LogP contribution in [0.1, 0.15) is 41.4 Å². The zero-order valence-corrected chi connectivity index (χ0v) is 12.9. The number of rotatable bonds is 3. The standard InChI is InChI=1S/C15H16N4OS/c1-9(2)11-6-4-5-10(3)13(11)18-14(20)12-7-19-15(17-12)21-8-16-19/h4-9H,1-3H3,(H,18,20). The van der Waals surface area contributed by atoms with Crippen LogP contribution < -0.4 is 5.32 Å². The summed E-state index contributed by atoms with van der Waals surface area (Å²) in [7, 11) is 0. The highest BCUT2D eigenvalue weighted by Gasteiger charge is 2.16. The Kier molecular flexibility index (Phi) is 3.47. The molecule has 3 aromatic rings.